The van der Waals surface area contributed by atoms with Crippen LogP contribution < -0.4 is 10.0 Å². The van der Waals surface area contributed by atoms with Crippen LogP contribution in [0.4, 0.5) is 0 Å². The molecule has 0 heterocycles. The number of halogens is 3. The first-order valence-corrected chi connectivity index (χ1v) is 6.80. The molecule has 0 aliphatic carbocycles. The predicted molar refractivity (Wildman–Crippen MR) is 72.8 cm³/mol. The molecule has 0 aliphatic heterocycles. The summed E-state index contributed by atoms with van der Waals surface area (Å²) in [5.41, 5.74) is 0. The fourth-order valence-corrected chi connectivity index (χ4v) is 2.46. The van der Waals surface area contributed by atoms with Crippen molar-refractivity contribution >= 4 is 45.6 Å². The van der Waals surface area contributed by atoms with E-state index in [9.17, 15) is 8.42 Å². The van der Waals surface area contributed by atoms with E-state index in [1.54, 1.807) is 7.05 Å². The van der Waals surface area contributed by atoms with E-state index in [1.807, 2.05) is 0 Å². The molecular weight excluding hydrogens is 307 g/mol. The molecular formula is C9H13Cl3N2O2S. The van der Waals surface area contributed by atoms with E-state index in [-0.39, 0.29) is 22.3 Å². The Kier molecular flexibility index (Phi) is 7.39. The third-order valence-corrected chi connectivity index (χ3v) is 4.07. The maximum atomic E-state index is 11.7. The highest BCUT2D eigenvalue weighted by Gasteiger charge is 2.14. The molecule has 0 spiro atoms. The zero-order chi connectivity index (χ0) is 12.2. The van der Waals surface area contributed by atoms with E-state index in [4.69, 9.17) is 23.2 Å². The second-order valence-corrected chi connectivity index (χ2v) is 5.66. The Morgan fingerprint density at radius 3 is 2.35 bits per heavy atom. The number of benzene rings is 1. The third-order valence-electron chi connectivity index (χ3n) is 1.87. The van der Waals surface area contributed by atoms with Crippen LogP contribution in [0.25, 0.3) is 0 Å². The SMILES string of the molecule is CNCCNS(=O)(=O)c1ccc(Cl)c(Cl)c1.Cl. The molecule has 0 saturated carbocycles. The summed E-state index contributed by atoms with van der Waals surface area (Å²) in [5, 5.41) is 3.39. The Balaban J connectivity index is 0.00000256. The summed E-state index contributed by atoms with van der Waals surface area (Å²) in [4.78, 5) is 0.109. The van der Waals surface area contributed by atoms with E-state index in [1.165, 1.54) is 18.2 Å². The third kappa shape index (κ3) is 4.99. The molecule has 1 aromatic rings. The van der Waals surface area contributed by atoms with Crippen molar-refractivity contribution in [3.8, 4) is 0 Å². The minimum Gasteiger partial charge on any atom is -0.318 e. The van der Waals surface area contributed by atoms with Crippen molar-refractivity contribution in [1.82, 2.24) is 10.0 Å². The van der Waals surface area contributed by atoms with Crippen LogP contribution in [0.2, 0.25) is 10.0 Å². The largest absolute Gasteiger partial charge is 0.318 e. The minimum absolute atomic E-state index is 0. The molecule has 0 radical (unpaired) electrons. The van der Waals surface area contributed by atoms with Gasteiger partial charge in [0, 0.05) is 13.1 Å². The number of likely N-dealkylation sites (N-methyl/N-ethyl adjacent to an activating group) is 1. The predicted octanol–water partition coefficient (Wildman–Crippen LogP) is 1.91. The van der Waals surface area contributed by atoms with Gasteiger partial charge in [0.1, 0.15) is 0 Å². The molecule has 4 nitrogen and oxygen atoms in total. The highest BCUT2D eigenvalue weighted by Crippen LogP contribution is 2.24. The average Bonchev–Trinajstić information content (AvgIpc) is 2.22. The van der Waals surface area contributed by atoms with Crippen molar-refractivity contribution in [2.24, 2.45) is 0 Å². The number of hydrogen-bond donors (Lipinski definition) is 2. The monoisotopic (exact) mass is 318 g/mol. The first kappa shape index (κ1) is 17.0. The molecule has 0 atom stereocenters. The highest BCUT2D eigenvalue weighted by molar-refractivity contribution is 7.89. The van der Waals surface area contributed by atoms with Crippen molar-refractivity contribution in [1.29, 1.82) is 0 Å². The van der Waals surface area contributed by atoms with Crippen LogP contribution in [0, 0.1) is 0 Å². The highest BCUT2D eigenvalue weighted by atomic mass is 35.5. The Bertz CT molecular complexity index is 465. The zero-order valence-corrected chi connectivity index (χ0v) is 12.2. The van der Waals surface area contributed by atoms with Gasteiger partial charge in [0.2, 0.25) is 10.0 Å². The standard InChI is InChI=1S/C9H12Cl2N2O2S.ClH/c1-12-4-5-13-16(14,15)7-2-3-8(10)9(11)6-7;/h2-3,6,12-13H,4-5H2,1H3;1H. The van der Waals surface area contributed by atoms with Crippen LogP contribution in [-0.2, 0) is 10.0 Å². The second kappa shape index (κ2) is 7.41. The van der Waals surface area contributed by atoms with Gasteiger partial charge in [-0.2, -0.15) is 0 Å². The van der Waals surface area contributed by atoms with Crippen LogP contribution in [0.15, 0.2) is 23.1 Å². The molecule has 0 amide bonds. The summed E-state index contributed by atoms with van der Waals surface area (Å²) in [6.45, 7) is 0.875. The summed E-state index contributed by atoms with van der Waals surface area (Å²) in [6.07, 6.45) is 0. The fraction of sp³-hybridized carbons (Fsp3) is 0.333. The lowest BCUT2D eigenvalue weighted by atomic mass is 10.4. The molecule has 17 heavy (non-hydrogen) atoms. The van der Waals surface area contributed by atoms with E-state index < -0.39 is 10.0 Å². The van der Waals surface area contributed by atoms with E-state index >= 15 is 0 Å². The summed E-state index contributed by atoms with van der Waals surface area (Å²) < 4.78 is 25.9. The van der Waals surface area contributed by atoms with Crippen LogP contribution in [0.3, 0.4) is 0 Å². The van der Waals surface area contributed by atoms with Crippen LogP contribution in [0.1, 0.15) is 0 Å². The van der Waals surface area contributed by atoms with E-state index in [0.29, 0.717) is 18.1 Å². The van der Waals surface area contributed by atoms with Gasteiger partial charge >= 0.3 is 0 Å². The minimum atomic E-state index is -3.50. The van der Waals surface area contributed by atoms with Crippen molar-refractivity contribution in [3.63, 3.8) is 0 Å². The lowest BCUT2D eigenvalue weighted by molar-refractivity contribution is 0.579. The van der Waals surface area contributed by atoms with Gasteiger partial charge in [-0.3, -0.25) is 0 Å². The smallest absolute Gasteiger partial charge is 0.240 e. The number of hydrogen-bond acceptors (Lipinski definition) is 3. The molecule has 0 saturated heterocycles. The molecule has 0 fully saturated rings. The molecule has 2 N–H and O–H groups in total. The normalized spacial score (nSPS) is 11.0. The molecule has 1 rings (SSSR count). The van der Waals surface area contributed by atoms with Gasteiger partial charge in [-0.25, -0.2) is 13.1 Å². The van der Waals surface area contributed by atoms with Crippen molar-refractivity contribution < 1.29 is 8.42 Å². The fourth-order valence-electron chi connectivity index (χ4n) is 1.04. The van der Waals surface area contributed by atoms with Gasteiger partial charge in [-0.15, -0.1) is 12.4 Å². The van der Waals surface area contributed by atoms with Gasteiger partial charge in [0.15, 0.2) is 0 Å². The van der Waals surface area contributed by atoms with Gasteiger partial charge in [-0.1, -0.05) is 23.2 Å². The number of rotatable bonds is 5. The Morgan fingerprint density at radius 1 is 1.18 bits per heavy atom. The van der Waals surface area contributed by atoms with Crippen LogP contribution in [-0.4, -0.2) is 28.6 Å². The Morgan fingerprint density at radius 2 is 1.82 bits per heavy atom. The van der Waals surface area contributed by atoms with Gasteiger partial charge in [0.05, 0.1) is 14.9 Å². The van der Waals surface area contributed by atoms with E-state index in [0.717, 1.165) is 0 Å². The first-order valence-electron chi connectivity index (χ1n) is 4.56. The topological polar surface area (TPSA) is 58.2 Å². The quantitative estimate of drug-likeness (QED) is 0.815. The maximum Gasteiger partial charge on any atom is 0.240 e. The molecule has 1 aromatic carbocycles. The van der Waals surface area contributed by atoms with E-state index in [2.05, 4.69) is 10.0 Å². The second-order valence-electron chi connectivity index (χ2n) is 3.08. The Hall–Kier alpha value is -0.0400. The number of sulfonamides is 1. The van der Waals surface area contributed by atoms with Crippen molar-refractivity contribution in [3.05, 3.63) is 28.2 Å². The van der Waals surface area contributed by atoms with Crippen molar-refractivity contribution in [2.75, 3.05) is 20.1 Å². The van der Waals surface area contributed by atoms with Crippen molar-refractivity contribution in [2.45, 2.75) is 4.90 Å². The lowest BCUT2D eigenvalue weighted by Gasteiger charge is -2.07. The first-order chi connectivity index (χ1) is 7.47. The van der Waals surface area contributed by atoms with Gasteiger partial charge < -0.3 is 5.32 Å². The van der Waals surface area contributed by atoms with Gasteiger partial charge in [-0.05, 0) is 25.2 Å². The Labute approximate surface area is 117 Å². The maximum absolute atomic E-state index is 11.7. The van der Waals surface area contributed by atoms with Crippen LogP contribution >= 0.6 is 35.6 Å². The zero-order valence-electron chi connectivity index (χ0n) is 9.04. The molecule has 98 valence electrons. The average molecular weight is 320 g/mol. The molecule has 0 aliphatic rings. The number of nitrogens with one attached hydrogen (secondary N) is 2. The van der Waals surface area contributed by atoms with Gasteiger partial charge in [0.25, 0.3) is 0 Å². The molecule has 0 unspecified atom stereocenters. The summed E-state index contributed by atoms with van der Waals surface area (Å²) in [5.74, 6) is 0. The summed E-state index contributed by atoms with van der Waals surface area (Å²) >= 11 is 11.4. The summed E-state index contributed by atoms with van der Waals surface area (Å²) in [6, 6.07) is 4.19. The molecule has 0 bridgehead atoms. The summed E-state index contributed by atoms with van der Waals surface area (Å²) in [7, 11) is -1.76. The molecule has 0 aromatic heterocycles. The molecule has 8 heteroatoms. The lowest BCUT2D eigenvalue weighted by Crippen LogP contribution is -2.30. The van der Waals surface area contributed by atoms with Crippen LogP contribution in [0.5, 0.6) is 0 Å².